The second-order valence-corrected chi connectivity index (χ2v) is 10.9. The molecule has 1 aliphatic heterocycles. The van der Waals surface area contributed by atoms with E-state index in [4.69, 9.17) is 9.47 Å². The summed E-state index contributed by atoms with van der Waals surface area (Å²) in [6.07, 6.45) is 18.0. The van der Waals surface area contributed by atoms with Crippen molar-refractivity contribution in [2.24, 2.45) is 23.7 Å². The van der Waals surface area contributed by atoms with Gasteiger partial charge in [-0.3, -0.25) is 0 Å². The van der Waals surface area contributed by atoms with E-state index in [1.54, 1.807) is 6.07 Å². The van der Waals surface area contributed by atoms with Crippen molar-refractivity contribution in [2.75, 3.05) is 7.11 Å². The van der Waals surface area contributed by atoms with Crippen LogP contribution >= 0.6 is 0 Å². The van der Waals surface area contributed by atoms with Gasteiger partial charge in [0.1, 0.15) is 12.4 Å². The predicted molar refractivity (Wildman–Crippen MR) is 126 cm³/mol. The van der Waals surface area contributed by atoms with Crippen molar-refractivity contribution in [3.63, 3.8) is 0 Å². The molecule has 0 bridgehead atoms. The molecule has 0 amide bonds. The number of rotatable bonds is 8. The third kappa shape index (κ3) is 5.59. The Morgan fingerprint density at radius 3 is 2.25 bits per heavy atom. The third-order valence-corrected chi connectivity index (χ3v) is 8.74. The van der Waals surface area contributed by atoms with Gasteiger partial charge in [0.15, 0.2) is 11.6 Å². The van der Waals surface area contributed by atoms with Crippen molar-refractivity contribution >= 4 is 0 Å². The average molecular weight is 449 g/mol. The molecule has 3 aliphatic rings. The molecule has 1 unspecified atom stereocenters. The Hall–Kier alpha value is -1.32. The highest BCUT2D eigenvalue weighted by molar-refractivity contribution is 5.48. The minimum absolute atomic E-state index is 0.0229. The first kappa shape index (κ1) is 23.8. The zero-order chi connectivity index (χ0) is 22.5. The number of benzene rings is 1. The second-order valence-electron chi connectivity index (χ2n) is 10.9. The molecule has 2 nitrogen and oxygen atoms in total. The maximum atomic E-state index is 14.7. The Balaban J connectivity index is 1.17. The predicted octanol–water partition coefficient (Wildman–Crippen LogP) is 8.19. The topological polar surface area (TPSA) is 18.5 Å². The van der Waals surface area contributed by atoms with E-state index < -0.39 is 12.5 Å². The normalized spacial score (nSPS) is 30.4. The summed E-state index contributed by atoms with van der Waals surface area (Å²) in [4.78, 5) is 0. The summed E-state index contributed by atoms with van der Waals surface area (Å²) in [6.45, 7) is 1.54. The SMILES string of the molecule is COc1cc2c(c(F)c1CF)OC(CCCCC1CCC(C3CCC(C)CC3)CC1)CC2. The molecule has 1 aromatic carbocycles. The monoisotopic (exact) mass is 448 g/mol. The maximum Gasteiger partial charge on any atom is 0.174 e. The molecule has 32 heavy (non-hydrogen) atoms. The van der Waals surface area contributed by atoms with Gasteiger partial charge in [0, 0.05) is 5.56 Å². The molecule has 0 N–H and O–H groups in total. The molecule has 2 fully saturated rings. The van der Waals surface area contributed by atoms with Gasteiger partial charge in [0.2, 0.25) is 0 Å². The highest BCUT2D eigenvalue weighted by Crippen LogP contribution is 2.42. The lowest BCUT2D eigenvalue weighted by Crippen LogP contribution is -2.25. The molecule has 2 saturated carbocycles. The van der Waals surface area contributed by atoms with E-state index in [9.17, 15) is 8.78 Å². The Kier molecular flexibility index (Phi) is 8.34. The van der Waals surface area contributed by atoms with Crippen molar-refractivity contribution in [3.8, 4) is 11.5 Å². The summed E-state index contributed by atoms with van der Waals surface area (Å²) in [7, 11) is 1.45. The number of unbranched alkanes of at least 4 members (excludes halogenated alkanes) is 1. The molecule has 180 valence electrons. The van der Waals surface area contributed by atoms with E-state index in [1.165, 1.54) is 71.3 Å². The van der Waals surface area contributed by atoms with E-state index in [1.807, 2.05) is 0 Å². The Labute approximate surface area is 193 Å². The summed E-state index contributed by atoms with van der Waals surface area (Å²) in [5.41, 5.74) is 0.780. The van der Waals surface area contributed by atoms with Gasteiger partial charge in [-0.05, 0) is 81.1 Å². The molecule has 0 saturated heterocycles. The van der Waals surface area contributed by atoms with Crippen LogP contribution in [0.2, 0.25) is 0 Å². The number of fused-ring (bicyclic) bond motifs is 1. The van der Waals surface area contributed by atoms with Crippen molar-refractivity contribution in [3.05, 3.63) is 23.0 Å². The van der Waals surface area contributed by atoms with Gasteiger partial charge < -0.3 is 9.47 Å². The van der Waals surface area contributed by atoms with Crippen LogP contribution in [0, 0.1) is 29.5 Å². The fourth-order valence-corrected chi connectivity index (χ4v) is 6.57. The Bertz CT molecular complexity index is 733. The van der Waals surface area contributed by atoms with Gasteiger partial charge in [-0.25, -0.2) is 8.78 Å². The molecule has 1 heterocycles. The van der Waals surface area contributed by atoms with Crippen LogP contribution in [0.15, 0.2) is 6.07 Å². The fourth-order valence-electron chi connectivity index (χ4n) is 6.57. The minimum Gasteiger partial charge on any atom is -0.496 e. The molecule has 1 atom stereocenters. The van der Waals surface area contributed by atoms with Gasteiger partial charge in [-0.1, -0.05) is 45.4 Å². The molecular weight excluding hydrogens is 406 g/mol. The van der Waals surface area contributed by atoms with Crippen LogP contribution in [-0.2, 0) is 13.1 Å². The lowest BCUT2D eigenvalue weighted by Gasteiger charge is -2.37. The van der Waals surface area contributed by atoms with Crippen molar-refractivity contribution < 1.29 is 18.3 Å². The lowest BCUT2D eigenvalue weighted by molar-refractivity contribution is 0.140. The average Bonchev–Trinajstić information content (AvgIpc) is 2.83. The van der Waals surface area contributed by atoms with Crippen LogP contribution in [0.1, 0.15) is 102 Å². The van der Waals surface area contributed by atoms with Gasteiger partial charge in [-0.15, -0.1) is 0 Å². The molecule has 0 spiro atoms. The second kappa shape index (κ2) is 11.2. The molecule has 0 radical (unpaired) electrons. The van der Waals surface area contributed by atoms with Crippen LogP contribution in [0.5, 0.6) is 11.5 Å². The molecule has 0 aromatic heterocycles. The smallest absolute Gasteiger partial charge is 0.174 e. The van der Waals surface area contributed by atoms with E-state index in [0.29, 0.717) is 5.75 Å². The number of alkyl halides is 1. The first-order chi connectivity index (χ1) is 15.6. The van der Waals surface area contributed by atoms with E-state index in [0.717, 1.165) is 54.9 Å². The van der Waals surface area contributed by atoms with Gasteiger partial charge in [0.05, 0.1) is 18.8 Å². The minimum atomic E-state index is -0.877. The first-order valence-corrected chi connectivity index (χ1v) is 13.2. The number of aryl methyl sites for hydroxylation is 1. The zero-order valence-corrected chi connectivity index (χ0v) is 20.1. The zero-order valence-electron chi connectivity index (χ0n) is 20.1. The van der Waals surface area contributed by atoms with Gasteiger partial charge >= 0.3 is 0 Å². The van der Waals surface area contributed by atoms with Crippen LogP contribution in [0.4, 0.5) is 8.78 Å². The van der Waals surface area contributed by atoms with E-state index in [2.05, 4.69) is 6.92 Å². The van der Waals surface area contributed by atoms with E-state index >= 15 is 0 Å². The van der Waals surface area contributed by atoms with Crippen LogP contribution in [0.3, 0.4) is 0 Å². The third-order valence-electron chi connectivity index (χ3n) is 8.74. The number of methoxy groups -OCH3 is 1. The Morgan fingerprint density at radius 1 is 0.938 bits per heavy atom. The van der Waals surface area contributed by atoms with Crippen LogP contribution < -0.4 is 9.47 Å². The standard InChI is InChI=1S/C28H42F2O2/c1-19-7-11-21(12-8-19)22-13-9-20(10-14-22)5-3-4-6-24-16-15-23-17-26(31-2)25(18-29)27(30)28(23)32-24/h17,19-22,24H,3-16,18H2,1-2H3. The summed E-state index contributed by atoms with van der Waals surface area (Å²) >= 11 is 0. The number of halogens is 2. The number of hydrogen-bond acceptors (Lipinski definition) is 2. The molecule has 4 rings (SSSR count). The largest absolute Gasteiger partial charge is 0.496 e. The summed E-state index contributed by atoms with van der Waals surface area (Å²) in [6, 6.07) is 1.74. The van der Waals surface area contributed by atoms with Crippen molar-refractivity contribution in [1.82, 2.24) is 0 Å². The van der Waals surface area contributed by atoms with Crippen LogP contribution in [0.25, 0.3) is 0 Å². The Morgan fingerprint density at radius 2 is 1.59 bits per heavy atom. The molecule has 1 aromatic rings. The van der Waals surface area contributed by atoms with Gasteiger partial charge in [-0.2, -0.15) is 0 Å². The summed E-state index contributed by atoms with van der Waals surface area (Å²) in [5, 5.41) is 0. The van der Waals surface area contributed by atoms with E-state index in [-0.39, 0.29) is 17.4 Å². The molecular formula is C28H42F2O2. The summed E-state index contributed by atoms with van der Waals surface area (Å²) in [5.74, 6) is 3.83. The number of ether oxygens (including phenoxy) is 2. The first-order valence-electron chi connectivity index (χ1n) is 13.2. The molecule has 2 aliphatic carbocycles. The number of hydrogen-bond donors (Lipinski definition) is 0. The highest BCUT2D eigenvalue weighted by atomic mass is 19.1. The highest BCUT2D eigenvalue weighted by Gasteiger charge is 2.30. The fraction of sp³-hybridized carbons (Fsp3) is 0.786. The van der Waals surface area contributed by atoms with Crippen molar-refractivity contribution in [1.29, 1.82) is 0 Å². The quantitative estimate of drug-likeness (QED) is 0.373. The van der Waals surface area contributed by atoms with Gasteiger partial charge in [0.25, 0.3) is 0 Å². The maximum absolute atomic E-state index is 14.7. The molecule has 4 heteroatoms. The van der Waals surface area contributed by atoms with Crippen molar-refractivity contribution in [2.45, 2.75) is 110 Å². The lowest BCUT2D eigenvalue weighted by atomic mass is 9.69. The summed E-state index contributed by atoms with van der Waals surface area (Å²) < 4.78 is 39.2. The van der Waals surface area contributed by atoms with Crippen LogP contribution in [-0.4, -0.2) is 13.2 Å².